The first-order valence-corrected chi connectivity index (χ1v) is 7.87. The van der Waals surface area contributed by atoms with Gasteiger partial charge < -0.3 is 15.0 Å². The predicted octanol–water partition coefficient (Wildman–Crippen LogP) is 3.43. The molecule has 1 fully saturated rings. The summed E-state index contributed by atoms with van der Waals surface area (Å²) >= 11 is 0. The first-order valence-electron chi connectivity index (χ1n) is 7.87. The second kappa shape index (κ2) is 7.53. The zero-order valence-electron chi connectivity index (χ0n) is 13.1. The Kier molecular flexibility index (Phi) is 5.72. The number of hydrogen-bond donors (Lipinski definition) is 1. The number of nitrogens with zero attached hydrogens (tertiary/aromatic N) is 1. The maximum atomic E-state index is 5.60. The molecule has 1 heterocycles. The number of rotatable bonds is 6. The molecular weight excluding hydrogens is 248 g/mol. The van der Waals surface area contributed by atoms with Gasteiger partial charge in [-0.05, 0) is 49.4 Å². The fourth-order valence-corrected chi connectivity index (χ4v) is 2.75. The molecule has 1 aromatic carbocycles. The number of anilines is 1. The molecule has 3 heteroatoms. The average molecular weight is 276 g/mol. The summed E-state index contributed by atoms with van der Waals surface area (Å²) in [5.74, 6) is 1.87. The maximum Gasteiger partial charge on any atom is 0.142 e. The second-order valence-electron chi connectivity index (χ2n) is 5.85. The topological polar surface area (TPSA) is 24.5 Å². The van der Waals surface area contributed by atoms with Gasteiger partial charge in [0.05, 0.1) is 12.8 Å². The zero-order valence-corrected chi connectivity index (χ0v) is 13.1. The Balaban J connectivity index is 2.05. The molecule has 1 saturated heterocycles. The smallest absolute Gasteiger partial charge is 0.142 e. The Morgan fingerprint density at radius 2 is 2.05 bits per heavy atom. The van der Waals surface area contributed by atoms with E-state index in [2.05, 4.69) is 42.3 Å². The molecule has 0 radical (unpaired) electrons. The third kappa shape index (κ3) is 3.89. The molecule has 3 nitrogen and oxygen atoms in total. The number of hydrogen-bond acceptors (Lipinski definition) is 3. The number of benzene rings is 1. The van der Waals surface area contributed by atoms with Crippen molar-refractivity contribution < 1.29 is 4.74 Å². The summed E-state index contributed by atoms with van der Waals surface area (Å²) in [5, 5.41) is 3.44. The van der Waals surface area contributed by atoms with Crippen LogP contribution >= 0.6 is 0 Å². The Morgan fingerprint density at radius 1 is 1.30 bits per heavy atom. The highest BCUT2D eigenvalue weighted by Crippen LogP contribution is 2.32. The molecule has 0 aromatic heterocycles. The summed E-state index contributed by atoms with van der Waals surface area (Å²) in [4.78, 5) is 2.46. The summed E-state index contributed by atoms with van der Waals surface area (Å²) in [6.07, 6.45) is 3.73. The minimum Gasteiger partial charge on any atom is -0.495 e. The van der Waals surface area contributed by atoms with Crippen LogP contribution in [-0.2, 0) is 6.54 Å². The van der Waals surface area contributed by atoms with E-state index in [9.17, 15) is 0 Å². The minimum absolute atomic E-state index is 0.856. The van der Waals surface area contributed by atoms with Crippen LogP contribution in [0.25, 0.3) is 0 Å². The van der Waals surface area contributed by atoms with Gasteiger partial charge in [-0.25, -0.2) is 0 Å². The van der Waals surface area contributed by atoms with Crippen molar-refractivity contribution in [2.24, 2.45) is 5.92 Å². The largest absolute Gasteiger partial charge is 0.495 e. The van der Waals surface area contributed by atoms with E-state index in [1.54, 1.807) is 7.11 Å². The highest BCUT2D eigenvalue weighted by molar-refractivity contribution is 5.60. The quantitative estimate of drug-likeness (QED) is 0.806. The van der Waals surface area contributed by atoms with Crippen LogP contribution in [0.1, 0.15) is 38.7 Å². The van der Waals surface area contributed by atoms with Crippen LogP contribution in [0.2, 0.25) is 0 Å². The van der Waals surface area contributed by atoms with E-state index in [0.717, 1.165) is 37.8 Å². The third-order valence-electron chi connectivity index (χ3n) is 4.12. The maximum absolute atomic E-state index is 5.60. The van der Waals surface area contributed by atoms with Crippen LogP contribution < -0.4 is 15.0 Å². The van der Waals surface area contributed by atoms with Gasteiger partial charge in [0.25, 0.3) is 0 Å². The fraction of sp³-hybridized carbons (Fsp3) is 0.647. The van der Waals surface area contributed by atoms with Crippen molar-refractivity contribution in [1.82, 2.24) is 5.32 Å². The lowest BCUT2D eigenvalue weighted by Crippen LogP contribution is -2.33. The molecule has 0 amide bonds. The molecular formula is C17H28N2O. The Labute approximate surface area is 123 Å². The van der Waals surface area contributed by atoms with E-state index in [1.807, 2.05) is 0 Å². The van der Waals surface area contributed by atoms with Crippen molar-refractivity contribution in [3.63, 3.8) is 0 Å². The van der Waals surface area contributed by atoms with E-state index < -0.39 is 0 Å². The molecule has 0 bridgehead atoms. The van der Waals surface area contributed by atoms with Crippen LogP contribution in [0.15, 0.2) is 18.2 Å². The van der Waals surface area contributed by atoms with Crippen LogP contribution in [0, 0.1) is 5.92 Å². The molecule has 1 aliphatic heterocycles. The van der Waals surface area contributed by atoms with Gasteiger partial charge in [-0.15, -0.1) is 0 Å². The standard InChI is InChI=1S/C17H28N2O/c1-4-9-18-13-15-5-6-16(17(12-15)20-3)19-10-7-14(2)8-11-19/h5-6,12,14,18H,4,7-11,13H2,1-3H3. The van der Waals surface area contributed by atoms with Crippen molar-refractivity contribution in [3.8, 4) is 5.75 Å². The number of piperidine rings is 1. The first-order chi connectivity index (χ1) is 9.74. The van der Waals surface area contributed by atoms with Gasteiger partial charge in [-0.1, -0.05) is 19.9 Å². The predicted molar refractivity (Wildman–Crippen MR) is 85.6 cm³/mol. The van der Waals surface area contributed by atoms with E-state index in [4.69, 9.17) is 4.74 Å². The molecule has 1 aliphatic rings. The molecule has 0 saturated carbocycles. The third-order valence-corrected chi connectivity index (χ3v) is 4.12. The molecule has 1 aromatic rings. The molecule has 1 N–H and O–H groups in total. The second-order valence-corrected chi connectivity index (χ2v) is 5.85. The molecule has 0 aliphatic carbocycles. The monoisotopic (exact) mass is 276 g/mol. The Hall–Kier alpha value is -1.22. The van der Waals surface area contributed by atoms with Gasteiger partial charge in [0.1, 0.15) is 5.75 Å². The number of methoxy groups -OCH3 is 1. The van der Waals surface area contributed by atoms with E-state index in [0.29, 0.717) is 0 Å². The fourth-order valence-electron chi connectivity index (χ4n) is 2.75. The van der Waals surface area contributed by atoms with E-state index >= 15 is 0 Å². The van der Waals surface area contributed by atoms with Gasteiger partial charge >= 0.3 is 0 Å². The van der Waals surface area contributed by atoms with Gasteiger partial charge in [0.2, 0.25) is 0 Å². The van der Waals surface area contributed by atoms with Gasteiger partial charge in [-0.3, -0.25) is 0 Å². The van der Waals surface area contributed by atoms with Crippen molar-refractivity contribution >= 4 is 5.69 Å². The molecule has 20 heavy (non-hydrogen) atoms. The summed E-state index contributed by atoms with van der Waals surface area (Å²) in [6.45, 7) is 8.80. The van der Waals surface area contributed by atoms with E-state index in [1.165, 1.54) is 30.5 Å². The normalized spacial score (nSPS) is 16.4. The van der Waals surface area contributed by atoms with Crippen LogP contribution in [0.3, 0.4) is 0 Å². The first kappa shape index (κ1) is 15.2. The van der Waals surface area contributed by atoms with Gasteiger partial charge in [-0.2, -0.15) is 0 Å². The van der Waals surface area contributed by atoms with Gasteiger partial charge in [0, 0.05) is 19.6 Å². The summed E-state index contributed by atoms with van der Waals surface area (Å²) in [6, 6.07) is 6.62. The Morgan fingerprint density at radius 3 is 2.70 bits per heavy atom. The number of nitrogens with one attached hydrogen (secondary N) is 1. The van der Waals surface area contributed by atoms with Crippen LogP contribution in [0.4, 0.5) is 5.69 Å². The van der Waals surface area contributed by atoms with Crippen molar-refractivity contribution in [3.05, 3.63) is 23.8 Å². The average Bonchev–Trinajstić information content (AvgIpc) is 2.48. The molecule has 2 rings (SSSR count). The highest BCUT2D eigenvalue weighted by atomic mass is 16.5. The SMILES string of the molecule is CCCNCc1ccc(N2CCC(C)CC2)c(OC)c1. The molecule has 0 spiro atoms. The van der Waals surface area contributed by atoms with Gasteiger partial charge in [0.15, 0.2) is 0 Å². The lowest BCUT2D eigenvalue weighted by atomic mass is 9.98. The number of ether oxygens (including phenoxy) is 1. The van der Waals surface area contributed by atoms with E-state index in [-0.39, 0.29) is 0 Å². The van der Waals surface area contributed by atoms with Crippen molar-refractivity contribution in [2.45, 2.75) is 39.7 Å². The molecule has 0 unspecified atom stereocenters. The van der Waals surface area contributed by atoms with Crippen molar-refractivity contribution in [2.75, 3.05) is 31.6 Å². The Bertz CT molecular complexity index is 411. The van der Waals surface area contributed by atoms with Crippen LogP contribution in [0.5, 0.6) is 5.75 Å². The van der Waals surface area contributed by atoms with Crippen molar-refractivity contribution in [1.29, 1.82) is 0 Å². The summed E-state index contributed by atoms with van der Waals surface area (Å²) < 4.78 is 5.60. The highest BCUT2D eigenvalue weighted by Gasteiger charge is 2.18. The summed E-state index contributed by atoms with van der Waals surface area (Å²) in [5.41, 5.74) is 2.54. The minimum atomic E-state index is 0.856. The molecule has 0 atom stereocenters. The lowest BCUT2D eigenvalue weighted by Gasteiger charge is -2.33. The lowest BCUT2D eigenvalue weighted by molar-refractivity contribution is 0.403. The zero-order chi connectivity index (χ0) is 14.4. The molecule has 112 valence electrons. The summed E-state index contributed by atoms with van der Waals surface area (Å²) in [7, 11) is 1.77. The van der Waals surface area contributed by atoms with Crippen LogP contribution in [-0.4, -0.2) is 26.7 Å².